The molecular weight excluding hydrogens is 396 g/mol. The SMILES string of the molecule is Cc1ccc(C)c(N(C(=O)c2cccc(S(=O)(=O)N3CCCCC3C)c2)C(C)C)c1. The van der Waals surface area contributed by atoms with Crippen LogP contribution in [-0.4, -0.2) is 37.3 Å². The standard InChI is InChI=1S/C24H32N2O3S/c1-17(2)26(23-15-18(3)12-13-19(23)4)24(27)21-10-8-11-22(16-21)30(28,29)25-14-7-6-9-20(25)5/h8,10-13,15-17,20H,6-7,9,14H2,1-5H3. The summed E-state index contributed by atoms with van der Waals surface area (Å²) in [6.07, 6.45) is 2.78. The van der Waals surface area contributed by atoms with Crippen LogP contribution < -0.4 is 4.90 Å². The smallest absolute Gasteiger partial charge is 0.258 e. The summed E-state index contributed by atoms with van der Waals surface area (Å²) in [6.45, 7) is 10.4. The van der Waals surface area contributed by atoms with E-state index in [0.717, 1.165) is 36.1 Å². The molecule has 30 heavy (non-hydrogen) atoms. The van der Waals surface area contributed by atoms with Crippen LogP contribution in [0.4, 0.5) is 5.69 Å². The van der Waals surface area contributed by atoms with Crippen molar-refractivity contribution in [2.24, 2.45) is 0 Å². The Kier molecular flexibility index (Phi) is 6.68. The summed E-state index contributed by atoms with van der Waals surface area (Å²) in [5, 5.41) is 0. The predicted octanol–water partition coefficient (Wildman–Crippen LogP) is 4.92. The summed E-state index contributed by atoms with van der Waals surface area (Å²) < 4.78 is 28.1. The summed E-state index contributed by atoms with van der Waals surface area (Å²) in [6, 6.07) is 12.4. The fourth-order valence-electron chi connectivity index (χ4n) is 4.09. The van der Waals surface area contributed by atoms with Gasteiger partial charge in [-0.05, 0) is 82.9 Å². The lowest BCUT2D eigenvalue weighted by atomic mass is 10.1. The molecule has 1 aliphatic heterocycles. The molecule has 0 aliphatic carbocycles. The van der Waals surface area contributed by atoms with Crippen molar-refractivity contribution in [2.45, 2.75) is 70.9 Å². The quantitative estimate of drug-likeness (QED) is 0.679. The average molecular weight is 429 g/mol. The number of carbonyl (C=O) groups is 1. The van der Waals surface area contributed by atoms with Crippen LogP contribution in [0.5, 0.6) is 0 Å². The van der Waals surface area contributed by atoms with Crippen LogP contribution in [0.1, 0.15) is 61.5 Å². The molecule has 1 heterocycles. The molecule has 1 atom stereocenters. The van der Waals surface area contributed by atoms with Gasteiger partial charge in [0.1, 0.15) is 0 Å². The van der Waals surface area contributed by atoms with Crippen LogP contribution in [-0.2, 0) is 10.0 Å². The summed E-state index contributed by atoms with van der Waals surface area (Å²) in [5.74, 6) is -0.192. The first kappa shape index (κ1) is 22.5. The average Bonchev–Trinajstić information content (AvgIpc) is 2.70. The molecule has 6 heteroatoms. The molecule has 0 bridgehead atoms. The maximum Gasteiger partial charge on any atom is 0.258 e. The molecule has 0 spiro atoms. The molecule has 2 aromatic rings. The van der Waals surface area contributed by atoms with Crippen molar-refractivity contribution >= 4 is 21.6 Å². The zero-order valence-corrected chi connectivity index (χ0v) is 19.4. The Morgan fingerprint density at radius 1 is 1.10 bits per heavy atom. The highest BCUT2D eigenvalue weighted by atomic mass is 32.2. The van der Waals surface area contributed by atoms with Gasteiger partial charge in [-0.25, -0.2) is 8.42 Å². The third-order valence-corrected chi connectivity index (χ3v) is 7.80. The Morgan fingerprint density at radius 3 is 2.50 bits per heavy atom. The number of amides is 1. The first-order chi connectivity index (χ1) is 14.1. The van der Waals surface area contributed by atoms with Gasteiger partial charge in [0, 0.05) is 29.9 Å². The van der Waals surface area contributed by atoms with Crippen molar-refractivity contribution in [3.63, 3.8) is 0 Å². The zero-order valence-electron chi connectivity index (χ0n) is 18.6. The highest BCUT2D eigenvalue weighted by molar-refractivity contribution is 7.89. The third-order valence-electron chi connectivity index (χ3n) is 5.79. The fourth-order valence-corrected chi connectivity index (χ4v) is 5.84. The van der Waals surface area contributed by atoms with Crippen LogP contribution in [0, 0.1) is 13.8 Å². The van der Waals surface area contributed by atoms with Gasteiger partial charge in [0.15, 0.2) is 0 Å². The Balaban J connectivity index is 1.99. The van der Waals surface area contributed by atoms with E-state index in [1.807, 2.05) is 52.8 Å². The number of carbonyl (C=O) groups excluding carboxylic acids is 1. The zero-order chi connectivity index (χ0) is 22.1. The Morgan fingerprint density at radius 2 is 1.83 bits per heavy atom. The predicted molar refractivity (Wildman–Crippen MR) is 122 cm³/mol. The Bertz CT molecular complexity index is 1030. The minimum atomic E-state index is -3.63. The molecule has 1 amide bonds. The van der Waals surface area contributed by atoms with Gasteiger partial charge in [-0.15, -0.1) is 0 Å². The lowest BCUT2D eigenvalue weighted by molar-refractivity contribution is 0.0980. The van der Waals surface area contributed by atoms with E-state index < -0.39 is 10.0 Å². The second-order valence-electron chi connectivity index (χ2n) is 8.55. The monoisotopic (exact) mass is 428 g/mol. The largest absolute Gasteiger partial charge is 0.306 e. The van der Waals surface area contributed by atoms with E-state index in [1.54, 1.807) is 27.4 Å². The fraction of sp³-hybridized carbons (Fsp3) is 0.458. The minimum absolute atomic E-state index is 0.0230. The highest BCUT2D eigenvalue weighted by Gasteiger charge is 2.32. The van der Waals surface area contributed by atoms with Crippen molar-refractivity contribution in [3.05, 3.63) is 59.2 Å². The molecule has 0 aromatic heterocycles. The van der Waals surface area contributed by atoms with Gasteiger partial charge in [-0.3, -0.25) is 4.79 Å². The van der Waals surface area contributed by atoms with Crippen molar-refractivity contribution in [1.82, 2.24) is 4.31 Å². The van der Waals surface area contributed by atoms with Crippen molar-refractivity contribution in [2.75, 3.05) is 11.4 Å². The van der Waals surface area contributed by atoms with Crippen LogP contribution in [0.25, 0.3) is 0 Å². The molecule has 0 saturated carbocycles. The molecular formula is C24H32N2O3S. The molecule has 1 fully saturated rings. The van der Waals surface area contributed by atoms with Gasteiger partial charge in [0.05, 0.1) is 4.90 Å². The first-order valence-electron chi connectivity index (χ1n) is 10.7. The maximum absolute atomic E-state index is 13.5. The van der Waals surface area contributed by atoms with E-state index in [0.29, 0.717) is 12.1 Å². The molecule has 1 unspecified atom stereocenters. The summed E-state index contributed by atoms with van der Waals surface area (Å²) >= 11 is 0. The second kappa shape index (κ2) is 8.90. The number of benzene rings is 2. The van der Waals surface area contributed by atoms with Crippen LogP contribution in [0.3, 0.4) is 0 Å². The molecule has 1 saturated heterocycles. The number of sulfonamides is 1. The van der Waals surface area contributed by atoms with E-state index in [2.05, 4.69) is 0 Å². The number of aryl methyl sites for hydroxylation is 2. The third kappa shape index (κ3) is 4.44. The Hall–Kier alpha value is -2.18. The van der Waals surface area contributed by atoms with Crippen LogP contribution in [0.2, 0.25) is 0 Å². The number of rotatable bonds is 5. The Labute approximate surface area is 180 Å². The summed E-state index contributed by atoms with van der Waals surface area (Å²) in [7, 11) is -3.63. The molecule has 1 aliphatic rings. The lowest BCUT2D eigenvalue weighted by Crippen LogP contribution is -2.42. The van der Waals surface area contributed by atoms with Crippen molar-refractivity contribution in [3.8, 4) is 0 Å². The van der Waals surface area contributed by atoms with E-state index >= 15 is 0 Å². The van der Waals surface area contributed by atoms with Gasteiger partial charge in [-0.2, -0.15) is 4.31 Å². The number of anilines is 1. The normalized spacial score (nSPS) is 17.9. The molecule has 2 aromatic carbocycles. The lowest BCUT2D eigenvalue weighted by Gasteiger charge is -2.32. The number of hydrogen-bond donors (Lipinski definition) is 0. The van der Waals surface area contributed by atoms with Gasteiger partial charge < -0.3 is 4.90 Å². The van der Waals surface area contributed by atoms with E-state index in [-0.39, 0.29) is 22.9 Å². The van der Waals surface area contributed by atoms with Gasteiger partial charge >= 0.3 is 0 Å². The number of hydrogen-bond acceptors (Lipinski definition) is 3. The van der Waals surface area contributed by atoms with Crippen molar-refractivity contribution < 1.29 is 13.2 Å². The topological polar surface area (TPSA) is 57.7 Å². The van der Waals surface area contributed by atoms with Gasteiger partial charge in [0.2, 0.25) is 10.0 Å². The van der Waals surface area contributed by atoms with Gasteiger partial charge in [0.25, 0.3) is 5.91 Å². The molecule has 0 radical (unpaired) electrons. The van der Waals surface area contributed by atoms with E-state index in [1.165, 1.54) is 6.07 Å². The maximum atomic E-state index is 13.5. The minimum Gasteiger partial charge on any atom is -0.306 e. The van der Waals surface area contributed by atoms with E-state index in [4.69, 9.17) is 0 Å². The summed E-state index contributed by atoms with van der Waals surface area (Å²) in [4.78, 5) is 15.4. The molecule has 5 nitrogen and oxygen atoms in total. The van der Waals surface area contributed by atoms with Crippen LogP contribution in [0.15, 0.2) is 47.4 Å². The number of piperidine rings is 1. The first-order valence-corrected chi connectivity index (χ1v) is 12.1. The highest BCUT2D eigenvalue weighted by Crippen LogP contribution is 2.28. The van der Waals surface area contributed by atoms with Gasteiger partial charge in [-0.1, -0.05) is 24.6 Å². The molecule has 3 rings (SSSR count). The van der Waals surface area contributed by atoms with Crippen LogP contribution >= 0.6 is 0 Å². The molecule has 0 N–H and O–H groups in total. The van der Waals surface area contributed by atoms with E-state index in [9.17, 15) is 13.2 Å². The number of nitrogens with zero attached hydrogens (tertiary/aromatic N) is 2. The van der Waals surface area contributed by atoms with Crippen molar-refractivity contribution in [1.29, 1.82) is 0 Å². The molecule has 162 valence electrons. The summed E-state index contributed by atoms with van der Waals surface area (Å²) in [5.41, 5.74) is 3.32. The second-order valence-corrected chi connectivity index (χ2v) is 10.4.